The van der Waals surface area contributed by atoms with Crippen molar-refractivity contribution in [2.75, 3.05) is 6.54 Å². The van der Waals surface area contributed by atoms with Crippen LogP contribution < -0.4 is 5.32 Å². The van der Waals surface area contributed by atoms with Crippen LogP contribution >= 0.6 is 0 Å². The molecule has 20 heavy (non-hydrogen) atoms. The first-order valence-electron chi connectivity index (χ1n) is 8.00. The minimum atomic E-state index is -0.0160. The smallest absolute Gasteiger partial charge is 0.226 e. The summed E-state index contributed by atoms with van der Waals surface area (Å²) in [5.74, 6) is 3.77. The van der Waals surface area contributed by atoms with Gasteiger partial charge in [-0.3, -0.25) is 4.79 Å². The Hall–Kier alpha value is -1.32. The molecule has 4 nitrogen and oxygen atoms in total. The molecule has 4 saturated carbocycles. The monoisotopic (exact) mass is 273 g/mol. The highest BCUT2D eigenvalue weighted by Crippen LogP contribution is 2.60. The van der Waals surface area contributed by atoms with Crippen molar-refractivity contribution < 1.29 is 4.79 Å². The molecule has 0 spiro atoms. The number of hydrogen-bond donors (Lipinski definition) is 2. The van der Waals surface area contributed by atoms with E-state index < -0.39 is 0 Å². The Kier molecular flexibility index (Phi) is 2.86. The van der Waals surface area contributed by atoms with E-state index in [9.17, 15) is 4.79 Å². The third-order valence-corrected chi connectivity index (χ3v) is 5.72. The lowest BCUT2D eigenvalue weighted by molar-refractivity contribution is -0.146. The van der Waals surface area contributed by atoms with Crippen LogP contribution in [0.3, 0.4) is 0 Å². The summed E-state index contributed by atoms with van der Waals surface area (Å²) in [6.45, 7) is 0.702. The van der Waals surface area contributed by atoms with Gasteiger partial charge in [0.2, 0.25) is 5.91 Å². The van der Waals surface area contributed by atoms with Crippen LogP contribution in [0.25, 0.3) is 0 Å². The third-order valence-electron chi connectivity index (χ3n) is 5.72. The minimum Gasteiger partial charge on any atom is -0.355 e. The van der Waals surface area contributed by atoms with Gasteiger partial charge in [0.05, 0.1) is 0 Å². The molecule has 0 aliphatic heterocycles. The first kappa shape index (κ1) is 12.4. The first-order valence-corrected chi connectivity index (χ1v) is 8.00. The number of nitrogens with one attached hydrogen (secondary N) is 2. The van der Waals surface area contributed by atoms with E-state index in [2.05, 4.69) is 15.3 Å². The zero-order valence-electron chi connectivity index (χ0n) is 11.9. The van der Waals surface area contributed by atoms with Gasteiger partial charge in [-0.2, -0.15) is 0 Å². The number of imidazole rings is 1. The molecule has 4 fully saturated rings. The summed E-state index contributed by atoms with van der Waals surface area (Å²) in [6, 6.07) is 0. The van der Waals surface area contributed by atoms with E-state index in [-0.39, 0.29) is 5.41 Å². The van der Waals surface area contributed by atoms with Crippen LogP contribution in [0, 0.1) is 23.2 Å². The normalized spacial score (nSPS) is 38.1. The largest absolute Gasteiger partial charge is 0.355 e. The van der Waals surface area contributed by atoms with Crippen molar-refractivity contribution in [1.82, 2.24) is 15.3 Å². The fourth-order valence-electron chi connectivity index (χ4n) is 5.31. The average Bonchev–Trinajstić information content (AvgIpc) is 2.90. The Labute approximate surface area is 119 Å². The lowest BCUT2D eigenvalue weighted by atomic mass is 9.49. The third kappa shape index (κ3) is 2.05. The van der Waals surface area contributed by atoms with E-state index >= 15 is 0 Å². The number of carbonyl (C=O) groups is 1. The highest BCUT2D eigenvalue weighted by atomic mass is 16.2. The van der Waals surface area contributed by atoms with Gasteiger partial charge in [-0.05, 0) is 56.3 Å². The number of aromatic nitrogens is 2. The van der Waals surface area contributed by atoms with Gasteiger partial charge in [0.25, 0.3) is 0 Å². The van der Waals surface area contributed by atoms with E-state index in [0.29, 0.717) is 12.5 Å². The summed E-state index contributed by atoms with van der Waals surface area (Å²) in [5, 5.41) is 3.18. The SMILES string of the molecule is O=C(NCCc1ncc[nH]1)C12CC3CC(CC(C3)C1)C2. The van der Waals surface area contributed by atoms with Gasteiger partial charge in [-0.25, -0.2) is 4.98 Å². The lowest BCUT2D eigenvalue weighted by Gasteiger charge is -2.55. The van der Waals surface area contributed by atoms with Crippen molar-refractivity contribution in [3.05, 3.63) is 18.2 Å². The quantitative estimate of drug-likeness (QED) is 0.884. The molecule has 1 aromatic rings. The van der Waals surface area contributed by atoms with Crippen LogP contribution in [-0.4, -0.2) is 22.4 Å². The van der Waals surface area contributed by atoms with Gasteiger partial charge in [0, 0.05) is 30.8 Å². The average molecular weight is 273 g/mol. The van der Waals surface area contributed by atoms with Crippen molar-refractivity contribution in [2.45, 2.75) is 44.9 Å². The van der Waals surface area contributed by atoms with Crippen molar-refractivity contribution >= 4 is 5.91 Å². The molecule has 1 amide bonds. The molecule has 5 rings (SSSR count). The molecule has 4 aliphatic carbocycles. The van der Waals surface area contributed by atoms with Crippen molar-refractivity contribution in [2.24, 2.45) is 23.2 Å². The van der Waals surface area contributed by atoms with Gasteiger partial charge >= 0.3 is 0 Å². The Balaban J connectivity index is 1.38. The summed E-state index contributed by atoms with van der Waals surface area (Å²) in [5.41, 5.74) is -0.0160. The van der Waals surface area contributed by atoms with E-state index in [1.54, 1.807) is 6.20 Å². The summed E-state index contributed by atoms with van der Waals surface area (Å²) in [6.07, 6.45) is 12.0. The maximum atomic E-state index is 12.7. The van der Waals surface area contributed by atoms with E-state index in [4.69, 9.17) is 0 Å². The predicted molar refractivity (Wildman–Crippen MR) is 75.9 cm³/mol. The summed E-state index contributed by atoms with van der Waals surface area (Å²) in [4.78, 5) is 20.0. The lowest BCUT2D eigenvalue weighted by Crippen LogP contribution is -2.53. The molecular weight excluding hydrogens is 250 g/mol. The number of amides is 1. The summed E-state index contributed by atoms with van der Waals surface area (Å²) in [7, 11) is 0. The second-order valence-corrected chi connectivity index (χ2v) is 7.24. The highest BCUT2D eigenvalue weighted by Gasteiger charge is 2.54. The Bertz CT molecular complexity index is 459. The van der Waals surface area contributed by atoms with Crippen LogP contribution in [-0.2, 0) is 11.2 Å². The van der Waals surface area contributed by atoms with Crippen LogP contribution in [0.5, 0.6) is 0 Å². The first-order chi connectivity index (χ1) is 9.73. The number of aromatic amines is 1. The van der Waals surface area contributed by atoms with Crippen LogP contribution in [0.2, 0.25) is 0 Å². The molecular formula is C16H23N3O. The summed E-state index contributed by atoms with van der Waals surface area (Å²) < 4.78 is 0. The van der Waals surface area contributed by atoms with Crippen molar-refractivity contribution in [3.63, 3.8) is 0 Å². The molecule has 0 atom stereocenters. The van der Waals surface area contributed by atoms with Gasteiger partial charge in [0.15, 0.2) is 0 Å². The maximum absolute atomic E-state index is 12.7. The number of nitrogens with zero attached hydrogens (tertiary/aromatic N) is 1. The van der Waals surface area contributed by atoms with Gasteiger partial charge < -0.3 is 10.3 Å². The highest BCUT2D eigenvalue weighted by molar-refractivity contribution is 5.83. The molecule has 0 saturated heterocycles. The number of H-pyrrole nitrogens is 1. The van der Waals surface area contributed by atoms with Gasteiger partial charge in [0.1, 0.15) is 5.82 Å². The molecule has 4 bridgehead atoms. The Morgan fingerprint density at radius 3 is 2.45 bits per heavy atom. The fourth-order valence-corrected chi connectivity index (χ4v) is 5.31. The molecule has 108 valence electrons. The Morgan fingerprint density at radius 2 is 1.90 bits per heavy atom. The molecule has 0 radical (unpaired) electrons. The fraction of sp³-hybridized carbons (Fsp3) is 0.750. The molecule has 2 N–H and O–H groups in total. The second kappa shape index (κ2) is 4.61. The van der Waals surface area contributed by atoms with Crippen molar-refractivity contribution in [1.29, 1.82) is 0 Å². The molecule has 1 heterocycles. The van der Waals surface area contributed by atoms with Crippen LogP contribution in [0.15, 0.2) is 12.4 Å². The van der Waals surface area contributed by atoms with E-state index in [0.717, 1.165) is 49.3 Å². The topological polar surface area (TPSA) is 57.8 Å². The van der Waals surface area contributed by atoms with E-state index in [1.165, 1.54) is 19.3 Å². The predicted octanol–water partition coefficient (Wildman–Crippen LogP) is 2.28. The number of hydrogen-bond acceptors (Lipinski definition) is 2. The molecule has 0 unspecified atom stereocenters. The minimum absolute atomic E-state index is 0.0160. The van der Waals surface area contributed by atoms with Gasteiger partial charge in [-0.1, -0.05) is 0 Å². The zero-order valence-corrected chi connectivity index (χ0v) is 11.9. The van der Waals surface area contributed by atoms with Gasteiger partial charge in [-0.15, -0.1) is 0 Å². The van der Waals surface area contributed by atoms with Crippen LogP contribution in [0.1, 0.15) is 44.3 Å². The zero-order chi connectivity index (χ0) is 13.6. The maximum Gasteiger partial charge on any atom is 0.226 e. The Morgan fingerprint density at radius 1 is 1.25 bits per heavy atom. The summed E-state index contributed by atoms with van der Waals surface area (Å²) >= 11 is 0. The van der Waals surface area contributed by atoms with Crippen molar-refractivity contribution in [3.8, 4) is 0 Å². The van der Waals surface area contributed by atoms with E-state index in [1.807, 2.05) is 6.20 Å². The molecule has 0 aromatic carbocycles. The van der Waals surface area contributed by atoms with Crippen LogP contribution in [0.4, 0.5) is 0 Å². The molecule has 4 heteroatoms. The standard InChI is InChI=1S/C16H23N3O/c20-15(19-2-1-14-17-3-4-18-14)16-8-11-5-12(9-16)7-13(6-11)10-16/h3-4,11-13H,1-2,5-10H2,(H,17,18)(H,19,20). The molecule has 1 aromatic heterocycles. The number of rotatable bonds is 4. The number of carbonyl (C=O) groups excluding carboxylic acids is 1. The molecule has 4 aliphatic rings. The second-order valence-electron chi connectivity index (χ2n) is 7.24.